The Balaban J connectivity index is 1.48. The third-order valence-corrected chi connectivity index (χ3v) is 4.64. The van der Waals surface area contributed by atoms with Gasteiger partial charge in [0, 0.05) is 6.54 Å². The molecule has 0 aliphatic carbocycles. The van der Waals surface area contributed by atoms with Gasteiger partial charge < -0.3 is 14.8 Å². The summed E-state index contributed by atoms with van der Waals surface area (Å²) in [4.78, 5) is 12.5. The van der Waals surface area contributed by atoms with Crippen molar-refractivity contribution in [2.45, 2.75) is 39.5 Å². The first kappa shape index (κ1) is 21.4. The summed E-state index contributed by atoms with van der Waals surface area (Å²) in [5, 5.41) is 2.93. The fourth-order valence-electron chi connectivity index (χ4n) is 2.93. The molecule has 1 N–H and O–H groups in total. The third-order valence-electron chi connectivity index (χ3n) is 4.64. The molecular formula is C25H26FNO3. The van der Waals surface area contributed by atoms with Crippen molar-refractivity contribution in [1.29, 1.82) is 0 Å². The smallest absolute Gasteiger partial charge is 0.261 e. The van der Waals surface area contributed by atoms with Gasteiger partial charge in [-0.25, -0.2) is 4.39 Å². The molecule has 1 atom stereocenters. The lowest BCUT2D eigenvalue weighted by atomic mass is 10.2. The van der Waals surface area contributed by atoms with Gasteiger partial charge in [0.15, 0.2) is 6.10 Å². The molecule has 0 bridgehead atoms. The van der Waals surface area contributed by atoms with Crippen molar-refractivity contribution in [3.8, 4) is 11.5 Å². The molecule has 0 heterocycles. The minimum absolute atomic E-state index is 0.143. The second kappa shape index (κ2) is 10.4. The SMILES string of the molecule is CCC(Oc1cccc(C)c1)C(=O)NCc1ccc(OCc2ccc(F)cc2)cc1. The number of hydrogen-bond donors (Lipinski definition) is 1. The lowest BCUT2D eigenvalue weighted by Gasteiger charge is -2.17. The Hall–Kier alpha value is -3.34. The molecule has 0 spiro atoms. The molecular weight excluding hydrogens is 381 g/mol. The van der Waals surface area contributed by atoms with Gasteiger partial charge in [-0.3, -0.25) is 4.79 Å². The minimum Gasteiger partial charge on any atom is -0.489 e. The van der Waals surface area contributed by atoms with E-state index in [9.17, 15) is 9.18 Å². The highest BCUT2D eigenvalue weighted by atomic mass is 19.1. The molecule has 0 aliphatic heterocycles. The first-order valence-corrected chi connectivity index (χ1v) is 10.0. The van der Waals surface area contributed by atoms with Crippen LogP contribution in [0.1, 0.15) is 30.0 Å². The van der Waals surface area contributed by atoms with Gasteiger partial charge in [0.1, 0.15) is 23.9 Å². The second-order valence-electron chi connectivity index (χ2n) is 7.11. The zero-order valence-corrected chi connectivity index (χ0v) is 17.2. The van der Waals surface area contributed by atoms with Crippen molar-refractivity contribution in [1.82, 2.24) is 5.32 Å². The van der Waals surface area contributed by atoms with Gasteiger partial charge in [0.2, 0.25) is 0 Å². The van der Waals surface area contributed by atoms with Gasteiger partial charge in [0.25, 0.3) is 5.91 Å². The Morgan fingerprint density at radius 1 is 0.967 bits per heavy atom. The van der Waals surface area contributed by atoms with Crippen LogP contribution in [0, 0.1) is 12.7 Å². The van der Waals surface area contributed by atoms with Crippen LogP contribution in [0.25, 0.3) is 0 Å². The van der Waals surface area contributed by atoms with Gasteiger partial charge in [0.05, 0.1) is 0 Å². The summed E-state index contributed by atoms with van der Waals surface area (Å²) in [5.41, 5.74) is 2.94. The molecule has 156 valence electrons. The van der Waals surface area contributed by atoms with Crippen molar-refractivity contribution in [3.63, 3.8) is 0 Å². The van der Waals surface area contributed by atoms with Crippen molar-refractivity contribution >= 4 is 5.91 Å². The van der Waals surface area contributed by atoms with E-state index in [0.717, 1.165) is 16.7 Å². The molecule has 1 amide bonds. The number of aryl methyl sites for hydroxylation is 1. The van der Waals surface area contributed by atoms with Crippen LogP contribution in [0.5, 0.6) is 11.5 Å². The molecule has 0 fully saturated rings. The maximum atomic E-state index is 12.9. The highest BCUT2D eigenvalue weighted by molar-refractivity contribution is 5.81. The average Bonchev–Trinajstić information content (AvgIpc) is 2.76. The van der Waals surface area contributed by atoms with E-state index in [-0.39, 0.29) is 11.7 Å². The third kappa shape index (κ3) is 6.34. The lowest BCUT2D eigenvalue weighted by molar-refractivity contribution is -0.128. The summed E-state index contributed by atoms with van der Waals surface area (Å²) >= 11 is 0. The van der Waals surface area contributed by atoms with Crippen LogP contribution in [0.15, 0.2) is 72.8 Å². The predicted molar refractivity (Wildman–Crippen MR) is 115 cm³/mol. The lowest BCUT2D eigenvalue weighted by Crippen LogP contribution is -2.37. The largest absolute Gasteiger partial charge is 0.489 e. The van der Waals surface area contributed by atoms with E-state index >= 15 is 0 Å². The zero-order valence-electron chi connectivity index (χ0n) is 17.2. The van der Waals surface area contributed by atoms with Crippen LogP contribution in [0.3, 0.4) is 0 Å². The minimum atomic E-state index is -0.537. The van der Waals surface area contributed by atoms with E-state index in [1.807, 2.05) is 62.4 Å². The van der Waals surface area contributed by atoms with Gasteiger partial charge in [-0.05, 0) is 66.4 Å². The van der Waals surface area contributed by atoms with E-state index in [1.54, 1.807) is 12.1 Å². The topological polar surface area (TPSA) is 47.6 Å². The molecule has 4 nitrogen and oxygen atoms in total. The molecule has 5 heteroatoms. The Kier molecular flexibility index (Phi) is 7.44. The number of hydrogen-bond acceptors (Lipinski definition) is 3. The number of ether oxygens (including phenoxy) is 2. The van der Waals surface area contributed by atoms with E-state index in [4.69, 9.17) is 9.47 Å². The summed E-state index contributed by atoms with van der Waals surface area (Å²) in [6.07, 6.45) is 0.0424. The second-order valence-corrected chi connectivity index (χ2v) is 7.11. The van der Waals surface area contributed by atoms with Gasteiger partial charge >= 0.3 is 0 Å². The van der Waals surface area contributed by atoms with Gasteiger partial charge in [-0.15, -0.1) is 0 Å². The molecule has 3 aromatic rings. The number of benzene rings is 3. The maximum absolute atomic E-state index is 12.9. The number of carbonyl (C=O) groups excluding carboxylic acids is 1. The summed E-state index contributed by atoms with van der Waals surface area (Å²) < 4.78 is 24.5. The van der Waals surface area contributed by atoms with E-state index < -0.39 is 6.10 Å². The summed E-state index contributed by atoms with van der Waals surface area (Å²) in [6, 6.07) is 21.4. The van der Waals surface area contributed by atoms with Gasteiger partial charge in [-0.1, -0.05) is 43.3 Å². The maximum Gasteiger partial charge on any atom is 0.261 e. The summed E-state index contributed by atoms with van der Waals surface area (Å²) in [6.45, 7) is 4.68. The Labute approximate surface area is 176 Å². The molecule has 0 aliphatic rings. The molecule has 0 radical (unpaired) electrons. The number of nitrogens with one attached hydrogen (secondary N) is 1. The van der Waals surface area contributed by atoms with Crippen LogP contribution < -0.4 is 14.8 Å². The molecule has 0 aromatic heterocycles. The highest BCUT2D eigenvalue weighted by Gasteiger charge is 2.18. The Morgan fingerprint density at radius 3 is 2.33 bits per heavy atom. The first-order chi connectivity index (χ1) is 14.5. The van der Waals surface area contributed by atoms with E-state index in [1.165, 1.54) is 12.1 Å². The predicted octanol–water partition coefficient (Wildman–Crippen LogP) is 5.19. The molecule has 0 saturated heterocycles. The zero-order chi connectivity index (χ0) is 21.3. The number of amides is 1. The number of rotatable bonds is 9. The van der Waals surface area contributed by atoms with Crippen LogP contribution >= 0.6 is 0 Å². The molecule has 3 rings (SSSR count). The highest BCUT2D eigenvalue weighted by Crippen LogP contribution is 2.17. The number of carbonyl (C=O) groups is 1. The number of halogens is 1. The normalized spacial score (nSPS) is 11.6. The van der Waals surface area contributed by atoms with E-state index in [0.29, 0.717) is 31.1 Å². The van der Waals surface area contributed by atoms with Crippen LogP contribution in [-0.4, -0.2) is 12.0 Å². The first-order valence-electron chi connectivity index (χ1n) is 10.0. The van der Waals surface area contributed by atoms with Crippen LogP contribution in [0.4, 0.5) is 4.39 Å². The van der Waals surface area contributed by atoms with Crippen molar-refractivity contribution in [3.05, 3.63) is 95.3 Å². The molecule has 0 saturated carbocycles. The fraction of sp³-hybridized carbons (Fsp3) is 0.240. The van der Waals surface area contributed by atoms with Crippen molar-refractivity contribution in [2.24, 2.45) is 0 Å². The Morgan fingerprint density at radius 2 is 1.67 bits per heavy atom. The van der Waals surface area contributed by atoms with Crippen LogP contribution in [0.2, 0.25) is 0 Å². The fourth-order valence-corrected chi connectivity index (χ4v) is 2.93. The summed E-state index contributed by atoms with van der Waals surface area (Å²) in [7, 11) is 0. The quantitative estimate of drug-likeness (QED) is 0.531. The standard InChI is InChI=1S/C25H26FNO3/c1-3-24(30-23-6-4-5-18(2)15-23)25(28)27-16-19-9-13-22(14-10-19)29-17-20-7-11-21(26)12-8-20/h4-15,24H,3,16-17H2,1-2H3,(H,27,28). The average molecular weight is 407 g/mol. The Bertz CT molecular complexity index is 955. The van der Waals surface area contributed by atoms with Crippen molar-refractivity contribution < 1.29 is 18.7 Å². The molecule has 30 heavy (non-hydrogen) atoms. The molecule has 3 aromatic carbocycles. The van der Waals surface area contributed by atoms with Crippen molar-refractivity contribution in [2.75, 3.05) is 0 Å². The monoisotopic (exact) mass is 407 g/mol. The van der Waals surface area contributed by atoms with Gasteiger partial charge in [-0.2, -0.15) is 0 Å². The van der Waals surface area contributed by atoms with E-state index in [2.05, 4.69) is 5.32 Å². The molecule has 1 unspecified atom stereocenters. The van der Waals surface area contributed by atoms with Crippen LogP contribution in [-0.2, 0) is 17.9 Å². The summed E-state index contributed by atoms with van der Waals surface area (Å²) in [5.74, 6) is 0.999.